The molecular weight excluding hydrogens is 372 g/mol. The van der Waals surface area contributed by atoms with E-state index in [1.54, 1.807) is 22.6 Å². The average Bonchev–Trinajstić information content (AvgIpc) is 3.17. The number of piperidine rings is 1. The van der Waals surface area contributed by atoms with Crippen LogP contribution in [0.4, 0.5) is 5.69 Å². The highest BCUT2D eigenvalue weighted by atomic mass is 32.2. The smallest absolute Gasteiger partial charge is 0.243 e. The molecule has 1 aliphatic rings. The van der Waals surface area contributed by atoms with E-state index in [4.69, 9.17) is 0 Å². The van der Waals surface area contributed by atoms with Gasteiger partial charge >= 0.3 is 0 Å². The molecule has 3 aromatic rings. The largest absolute Gasteiger partial charge is 0.369 e. The molecule has 3 heterocycles. The lowest BCUT2D eigenvalue weighted by Crippen LogP contribution is -2.52. The first-order valence-electron chi connectivity index (χ1n) is 9.59. The third-order valence-electron chi connectivity index (χ3n) is 5.85. The van der Waals surface area contributed by atoms with Gasteiger partial charge in [-0.05, 0) is 43.5 Å². The van der Waals surface area contributed by atoms with Crippen molar-refractivity contribution in [3.63, 3.8) is 0 Å². The molecule has 0 spiro atoms. The number of nitrogens with one attached hydrogen (secondary N) is 1. The minimum Gasteiger partial charge on any atom is -0.369 e. The number of likely N-dealkylation sites (N-methyl/N-ethyl adjacent to an activating group) is 1. The number of rotatable bonds is 4. The van der Waals surface area contributed by atoms with Gasteiger partial charge in [-0.15, -0.1) is 0 Å². The zero-order valence-corrected chi connectivity index (χ0v) is 17.3. The summed E-state index contributed by atoms with van der Waals surface area (Å²) in [6.07, 6.45) is 4.51. The Morgan fingerprint density at radius 2 is 1.93 bits per heavy atom. The number of nitrogens with zero attached hydrogens (tertiary/aromatic N) is 3. The van der Waals surface area contributed by atoms with Crippen LogP contribution in [0, 0.1) is 12.8 Å². The number of anilines is 1. The van der Waals surface area contributed by atoms with E-state index in [0.29, 0.717) is 23.9 Å². The second kappa shape index (κ2) is 7.22. The van der Waals surface area contributed by atoms with E-state index < -0.39 is 10.0 Å². The summed E-state index contributed by atoms with van der Waals surface area (Å²) in [5.41, 5.74) is 2.96. The number of benzene rings is 1. The standard InChI is InChI=1S/C21H26N4O2S/c1-15-4-6-17(7-5-15)28(26,27)25-13-10-16(2)20(14-25)24(3)19-9-12-23-21-18(19)8-11-22-21/h4-9,11-12,16,20H,10,13-14H2,1-3H3,(H,22,23)/t16-,20?/m1/s1. The molecule has 1 N–H and O–H groups in total. The molecule has 1 aliphatic heterocycles. The van der Waals surface area contributed by atoms with Crippen molar-refractivity contribution in [3.05, 3.63) is 54.4 Å². The van der Waals surface area contributed by atoms with E-state index in [1.807, 2.05) is 44.4 Å². The quantitative estimate of drug-likeness (QED) is 0.731. The highest BCUT2D eigenvalue weighted by molar-refractivity contribution is 7.89. The molecule has 28 heavy (non-hydrogen) atoms. The Hall–Kier alpha value is -2.38. The number of sulfonamides is 1. The Bertz CT molecular complexity index is 1080. The molecule has 2 atom stereocenters. The molecule has 0 bridgehead atoms. The van der Waals surface area contributed by atoms with Crippen LogP contribution in [0.1, 0.15) is 18.9 Å². The van der Waals surface area contributed by atoms with Crippen LogP contribution in [-0.4, -0.2) is 48.9 Å². The first kappa shape index (κ1) is 19.0. The molecule has 1 fully saturated rings. The van der Waals surface area contributed by atoms with Crippen molar-refractivity contribution in [3.8, 4) is 0 Å². The molecule has 1 saturated heterocycles. The summed E-state index contributed by atoms with van der Waals surface area (Å²) in [4.78, 5) is 10.1. The lowest BCUT2D eigenvalue weighted by atomic mass is 9.93. The Morgan fingerprint density at radius 3 is 2.68 bits per heavy atom. The number of hydrogen-bond acceptors (Lipinski definition) is 4. The summed E-state index contributed by atoms with van der Waals surface area (Å²) in [7, 11) is -1.45. The number of H-pyrrole nitrogens is 1. The normalized spacial score (nSPS) is 21.1. The number of aromatic nitrogens is 2. The van der Waals surface area contributed by atoms with E-state index in [0.717, 1.165) is 28.7 Å². The molecule has 0 saturated carbocycles. The van der Waals surface area contributed by atoms with Gasteiger partial charge in [0.15, 0.2) is 0 Å². The molecule has 148 valence electrons. The lowest BCUT2D eigenvalue weighted by molar-refractivity contribution is 0.248. The topological polar surface area (TPSA) is 69.3 Å². The van der Waals surface area contributed by atoms with E-state index in [9.17, 15) is 8.42 Å². The van der Waals surface area contributed by atoms with E-state index in [-0.39, 0.29) is 6.04 Å². The fourth-order valence-corrected chi connectivity index (χ4v) is 5.51. The minimum absolute atomic E-state index is 0.0921. The van der Waals surface area contributed by atoms with Gasteiger partial charge in [0.1, 0.15) is 5.65 Å². The molecular formula is C21H26N4O2S. The van der Waals surface area contributed by atoms with E-state index in [1.165, 1.54) is 0 Å². The third-order valence-corrected chi connectivity index (χ3v) is 7.73. The van der Waals surface area contributed by atoms with Gasteiger partial charge in [-0.1, -0.05) is 24.6 Å². The van der Waals surface area contributed by atoms with Crippen LogP contribution in [0.15, 0.2) is 53.7 Å². The van der Waals surface area contributed by atoms with Crippen molar-refractivity contribution >= 4 is 26.7 Å². The first-order valence-corrected chi connectivity index (χ1v) is 11.0. The molecule has 6 nitrogen and oxygen atoms in total. The van der Waals surface area contributed by atoms with Crippen LogP contribution in [0.5, 0.6) is 0 Å². The zero-order chi connectivity index (χ0) is 19.9. The van der Waals surface area contributed by atoms with Crippen molar-refractivity contribution in [2.45, 2.75) is 31.2 Å². The lowest BCUT2D eigenvalue weighted by Gasteiger charge is -2.42. The van der Waals surface area contributed by atoms with E-state index in [2.05, 4.69) is 21.8 Å². The zero-order valence-electron chi connectivity index (χ0n) is 16.5. The van der Waals surface area contributed by atoms with Crippen molar-refractivity contribution < 1.29 is 8.42 Å². The summed E-state index contributed by atoms with van der Waals surface area (Å²) >= 11 is 0. The molecule has 0 radical (unpaired) electrons. The molecule has 2 aromatic heterocycles. The number of fused-ring (bicyclic) bond motifs is 1. The molecule has 1 aromatic carbocycles. The summed E-state index contributed by atoms with van der Waals surface area (Å²) in [6.45, 7) is 5.19. The van der Waals surface area contributed by atoms with Gasteiger partial charge in [0.05, 0.1) is 4.90 Å². The van der Waals surface area contributed by atoms with Crippen molar-refractivity contribution in [2.75, 3.05) is 25.0 Å². The summed E-state index contributed by atoms with van der Waals surface area (Å²) in [5.74, 6) is 0.386. The summed E-state index contributed by atoms with van der Waals surface area (Å²) in [5, 5.41) is 1.05. The molecule has 4 rings (SSSR count). The number of aromatic amines is 1. The fourth-order valence-electron chi connectivity index (χ4n) is 4.03. The Morgan fingerprint density at radius 1 is 1.18 bits per heavy atom. The Kier molecular flexibility index (Phi) is 4.89. The molecule has 1 unspecified atom stereocenters. The third kappa shape index (κ3) is 3.29. The first-order chi connectivity index (χ1) is 13.4. The van der Waals surface area contributed by atoms with Crippen LogP contribution in [-0.2, 0) is 10.0 Å². The van der Waals surface area contributed by atoms with Gasteiger partial charge in [-0.3, -0.25) is 0 Å². The van der Waals surface area contributed by atoms with Crippen molar-refractivity contribution in [1.82, 2.24) is 14.3 Å². The van der Waals surface area contributed by atoms with Crippen molar-refractivity contribution in [2.24, 2.45) is 5.92 Å². The molecule has 7 heteroatoms. The van der Waals surface area contributed by atoms with Gasteiger partial charge in [-0.2, -0.15) is 4.31 Å². The van der Waals surface area contributed by atoms with Gasteiger partial charge in [0.2, 0.25) is 10.0 Å². The van der Waals surface area contributed by atoms with Crippen molar-refractivity contribution in [1.29, 1.82) is 0 Å². The maximum atomic E-state index is 13.2. The Balaban J connectivity index is 1.63. The highest BCUT2D eigenvalue weighted by Crippen LogP contribution is 2.32. The van der Waals surface area contributed by atoms with Crippen LogP contribution in [0.2, 0.25) is 0 Å². The second-order valence-corrected chi connectivity index (χ2v) is 9.63. The number of hydrogen-bond donors (Lipinski definition) is 1. The molecule has 0 amide bonds. The SMILES string of the molecule is Cc1ccc(S(=O)(=O)N2CC[C@@H](C)C(N(C)c3ccnc4[nH]ccc34)C2)cc1. The van der Waals surface area contributed by atoms with Crippen LogP contribution < -0.4 is 4.90 Å². The van der Waals surface area contributed by atoms with Gasteiger partial charge < -0.3 is 9.88 Å². The fraction of sp³-hybridized carbons (Fsp3) is 0.381. The van der Waals surface area contributed by atoms with Gasteiger partial charge in [0.25, 0.3) is 0 Å². The monoisotopic (exact) mass is 398 g/mol. The van der Waals surface area contributed by atoms with Crippen LogP contribution in [0.3, 0.4) is 0 Å². The van der Waals surface area contributed by atoms with Crippen LogP contribution >= 0.6 is 0 Å². The summed E-state index contributed by atoms with van der Waals surface area (Å²) in [6, 6.07) is 11.2. The number of aryl methyl sites for hydroxylation is 1. The second-order valence-electron chi connectivity index (χ2n) is 7.69. The minimum atomic E-state index is -3.49. The maximum absolute atomic E-state index is 13.2. The maximum Gasteiger partial charge on any atom is 0.243 e. The Labute approximate surface area is 166 Å². The van der Waals surface area contributed by atoms with Gasteiger partial charge in [0, 0.05) is 49.6 Å². The predicted molar refractivity (Wildman–Crippen MR) is 112 cm³/mol. The number of pyridine rings is 1. The highest BCUT2D eigenvalue weighted by Gasteiger charge is 2.36. The summed E-state index contributed by atoms with van der Waals surface area (Å²) < 4.78 is 28.0. The predicted octanol–water partition coefficient (Wildman–Crippen LogP) is 3.41. The average molecular weight is 399 g/mol. The van der Waals surface area contributed by atoms with Gasteiger partial charge in [-0.25, -0.2) is 13.4 Å². The van der Waals surface area contributed by atoms with Crippen LogP contribution in [0.25, 0.3) is 11.0 Å². The molecule has 0 aliphatic carbocycles. The van der Waals surface area contributed by atoms with E-state index >= 15 is 0 Å².